The van der Waals surface area contributed by atoms with Crippen molar-refractivity contribution in [3.8, 4) is 0 Å². The molecular formula is C19H17N3O2S2. The summed E-state index contributed by atoms with van der Waals surface area (Å²) in [7, 11) is 3.94. The third kappa shape index (κ3) is 3.95. The predicted octanol–water partition coefficient (Wildman–Crippen LogP) is 3.30. The fourth-order valence-corrected chi connectivity index (χ4v) is 3.52. The van der Waals surface area contributed by atoms with Crippen LogP contribution in [0.4, 0.5) is 5.69 Å². The normalized spacial score (nSPS) is 15.5. The van der Waals surface area contributed by atoms with Crippen molar-refractivity contribution in [2.45, 2.75) is 0 Å². The van der Waals surface area contributed by atoms with Crippen molar-refractivity contribution in [2.75, 3.05) is 19.0 Å². The van der Waals surface area contributed by atoms with E-state index in [1.165, 1.54) is 11.8 Å². The van der Waals surface area contributed by atoms with Gasteiger partial charge in [-0.15, -0.1) is 0 Å². The minimum atomic E-state index is -0.376. The monoisotopic (exact) mass is 383 g/mol. The molecule has 132 valence electrons. The van der Waals surface area contributed by atoms with Crippen molar-refractivity contribution in [1.82, 2.24) is 10.4 Å². The molecule has 1 N–H and O–H groups in total. The molecule has 0 aliphatic carbocycles. The Morgan fingerprint density at radius 3 is 2.38 bits per heavy atom. The first-order valence-corrected chi connectivity index (χ1v) is 9.09. The Bertz CT molecular complexity index is 877. The van der Waals surface area contributed by atoms with Gasteiger partial charge in [0.1, 0.15) is 0 Å². The molecule has 2 aromatic rings. The highest BCUT2D eigenvalue weighted by atomic mass is 32.2. The van der Waals surface area contributed by atoms with Gasteiger partial charge < -0.3 is 4.90 Å². The zero-order valence-electron chi connectivity index (χ0n) is 14.3. The van der Waals surface area contributed by atoms with Crippen LogP contribution in [0, 0.1) is 0 Å². The van der Waals surface area contributed by atoms with Gasteiger partial charge in [-0.05, 0) is 48.1 Å². The van der Waals surface area contributed by atoms with E-state index < -0.39 is 0 Å². The number of nitrogens with zero attached hydrogens (tertiary/aromatic N) is 2. The number of hydrazine groups is 1. The lowest BCUT2D eigenvalue weighted by molar-refractivity contribution is -0.123. The Hall–Kier alpha value is -2.64. The minimum Gasteiger partial charge on any atom is -0.378 e. The Labute approximate surface area is 161 Å². The summed E-state index contributed by atoms with van der Waals surface area (Å²) < 4.78 is 0.301. The molecule has 0 unspecified atom stereocenters. The zero-order valence-corrected chi connectivity index (χ0v) is 15.9. The number of rotatable bonds is 4. The van der Waals surface area contributed by atoms with Crippen LogP contribution in [0.25, 0.3) is 6.08 Å². The molecule has 0 radical (unpaired) electrons. The van der Waals surface area contributed by atoms with E-state index in [0.29, 0.717) is 14.8 Å². The number of hydrogen-bond donors (Lipinski definition) is 1. The molecule has 1 aliphatic heterocycles. The van der Waals surface area contributed by atoms with E-state index in [0.717, 1.165) is 16.3 Å². The summed E-state index contributed by atoms with van der Waals surface area (Å²) in [5.74, 6) is -0.709. The van der Waals surface area contributed by atoms with Crippen LogP contribution in [0.5, 0.6) is 0 Å². The van der Waals surface area contributed by atoms with Crippen molar-refractivity contribution >= 4 is 51.9 Å². The molecule has 5 nitrogen and oxygen atoms in total. The number of carbonyl (C=O) groups is 2. The third-order valence-electron chi connectivity index (χ3n) is 3.75. The molecule has 3 rings (SSSR count). The lowest BCUT2D eigenvalue weighted by Crippen LogP contribution is -2.44. The maximum Gasteiger partial charge on any atom is 0.285 e. The summed E-state index contributed by atoms with van der Waals surface area (Å²) in [4.78, 5) is 27.3. The SMILES string of the molecule is CN(C)c1ccc(/C=C2\SC(=S)N(NC(=O)c3ccccc3)C2=O)cc1. The van der Waals surface area contributed by atoms with Crippen LogP contribution >= 0.6 is 24.0 Å². The maximum atomic E-state index is 12.6. The molecule has 0 aromatic heterocycles. The molecule has 2 amide bonds. The second-order valence-electron chi connectivity index (χ2n) is 5.81. The van der Waals surface area contributed by atoms with E-state index in [1.54, 1.807) is 30.3 Å². The molecule has 1 saturated heterocycles. The molecule has 0 saturated carbocycles. The van der Waals surface area contributed by atoms with Crippen LogP contribution in [0.2, 0.25) is 0 Å². The van der Waals surface area contributed by atoms with Crippen LogP contribution in [-0.4, -0.2) is 35.2 Å². The molecule has 0 atom stereocenters. The van der Waals surface area contributed by atoms with Gasteiger partial charge in [0.25, 0.3) is 11.8 Å². The summed E-state index contributed by atoms with van der Waals surface area (Å²) >= 11 is 6.41. The molecular weight excluding hydrogens is 366 g/mol. The van der Waals surface area contributed by atoms with E-state index in [-0.39, 0.29) is 11.8 Å². The molecule has 1 fully saturated rings. The van der Waals surface area contributed by atoms with E-state index in [1.807, 2.05) is 49.3 Å². The van der Waals surface area contributed by atoms with E-state index in [2.05, 4.69) is 5.43 Å². The van der Waals surface area contributed by atoms with Gasteiger partial charge in [0.15, 0.2) is 4.32 Å². The quantitative estimate of drug-likeness (QED) is 0.649. The van der Waals surface area contributed by atoms with Gasteiger partial charge >= 0.3 is 0 Å². The first-order valence-electron chi connectivity index (χ1n) is 7.87. The van der Waals surface area contributed by atoms with Gasteiger partial charge in [-0.1, -0.05) is 42.1 Å². The largest absolute Gasteiger partial charge is 0.378 e. The number of hydrogen-bond acceptors (Lipinski definition) is 5. The van der Waals surface area contributed by atoms with Crippen LogP contribution < -0.4 is 10.3 Å². The molecule has 1 aliphatic rings. The smallest absolute Gasteiger partial charge is 0.285 e. The van der Waals surface area contributed by atoms with Crippen LogP contribution in [0.15, 0.2) is 59.5 Å². The van der Waals surface area contributed by atoms with Crippen LogP contribution in [-0.2, 0) is 4.79 Å². The van der Waals surface area contributed by atoms with Gasteiger partial charge in [0.2, 0.25) is 0 Å². The van der Waals surface area contributed by atoms with Gasteiger partial charge in [0.05, 0.1) is 4.91 Å². The summed E-state index contributed by atoms with van der Waals surface area (Å²) in [6, 6.07) is 16.5. The lowest BCUT2D eigenvalue weighted by Gasteiger charge is -2.15. The Morgan fingerprint density at radius 1 is 1.12 bits per heavy atom. The van der Waals surface area contributed by atoms with Gasteiger partial charge in [0, 0.05) is 25.3 Å². The summed E-state index contributed by atoms with van der Waals surface area (Å²) in [5, 5.41) is 1.12. The highest BCUT2D eigenvalue weighted by molar-refractivity contribution is 8.26. The highest BCUT2D eigenvalue weighted by Gasteiger charge is 2.33. The number of nitrogens with one attached hydrogen (secondary N) is 1. The molecule has 1 heterocycles. The van der Waals surface area contributed by atoms with Crippen LogP contribution in [0.3, 0.4) is 0 Å². The van der Waals surface area contributed by atoms with Gasteiger partial charge in [-0.2, -0.15) is 5.01 Å². The number of amides is 2. The Morgan fingerprint density at radius 2 is 1.77 bits per heavy atom. The topological polar surface area (TPSA) is 52.6 Å². The second-order valence-corrected chi connectivity index (χ2v) is 7.49. The van der Waals surface area contributed by atoms with Crippen molar-refractivity contribution < 1.29 is 9.59 Å². The average Bonchev–Trinajstić information content (AvgIpc) is 2.90. The Kier molecular flexibility index (Phi) is 5.39. The number of carbonyl (C=O) groups excluding carboxylic acids is 2. The van der Waals surface area contributed by atoms with Crippen molar-refractivity contribution in [1.29, 1.82) is 0 Å². The number of thiocarbonyl (C=S) groups is 1. The highest BCUT2D eigenvalue weighted by Crippen LogP contribution is 2.31. The number of benzene rings is 2. The Balaban J connectivity index is 1.75. The summed E-state index contributed by atoms with van der Waals surface area (Å²) in [6.07, 6.45) is 1.77. The van der Waals surface area contributed by atoms with Gasteiger partial charge in [-0.3, -0.25) is 15.0 Å². The molecule has 0 spiro atoms. The summed E-state index contributed by atoms with van der Waals surface area (Å²) in [5.41, 5.74) is 5.00. The molecule has 0 bridgehead atoms. The first-order chi connectivity index (χ1) is 12.5. The predicted molar refractivity (Wildman–Crippen MR) is 110 cm³/mol. The van der Waals surface area contributed by atoms with Gasteiger partial charge in [-0.25, -0.2) is 0 Å². The summed E-state index contributed by atoms with van der Waals surface area (Å²) in [6.45, 7) is 0. The second kappa shape index (κ2) is 7.72. The molecule has 2 aromatic carbocycles. The minimum absolute atomic E-state index is 0.301. The van der Waals surface area contributed by atoms with E-state index in [9.17, 15) is 9.59 Å². The lowest BCUT2D eigenvalue weighted by atomic mass is 10.2. The molecule has 26 heavy (non-hydrogen) atoms. The first kappa shape index (κ1) is 18.2. The molecule has 7 heteroatoms. The zero-order chi connectivity index (χ0) is 18.7. The number of thioether (sulfide) groups is 1. The van der Waals surface area contributed by atoms with Crippen LogP contribution in [0.1, 0.15) is 15.9 Å². The van der Waals surface area contributed by atoms with Crippen molar-refractivity contribution in [3.05, 3.63) is 70.6 Å². The number of anilines is 1. The fourth-order valence-electron chi connectivity index (χ4n) is 2.34. The third-order valence-corrected chi connectivity index (χ3v) is 5.05. The van der Waals surface area contributed by atoms with Crippen molar-refractivity contribution in [3.63, 3.8) is 0 Å². The average molecular weight is 383 g/mol. The maximum absolute atomic E-state index is 12.6. The van der Waals surface area contributed by atoms with E-state index in [4.69, 9.17) is 12.2 Å². The van der Waals surface area contributed by atoms with Crippen molar-refractivity contribution in [2.24, 2.45) is 0 Å². The standard InChI is InChI=1S/C19H17N3O2S2/c1-21(2)15-10-8-13(9-11-15)12-16-18(24)22(19(25)26-16)20-17(23)14-6-4-3-5-7-14/h3-12H,1-2H3,(H,20,23)/b16-12-. The van der Waals surface area contributed by atoms with E-state index >= 15 is 0 Å². The fraction of sp³-hybridized carbons (Fsp3) is 0.105.